The predicted octanol–water partition coefficient (Wildman–Crippen LogP) is 3.89. The maximum Gasteiger partial charge on any atom is 0.411 e. The van der Waals surface area contributed by atoms with Gasteiger partial charge in [-0.2, -0.15) is 0 Å². The van der Waals surface area contributed by atoms with Crippen molar-refractivity contribution in [3.05, 3.63) is 60.2 Å². The highest BCUT2D eigenvalue weighted by Crippen LogP contribution is 2.33. The molecule has 2 amide bonds. The van der Waals surface area contributed by atoms with Crippen LogP contribution in [-0.2, 0) is 16.1 Å². The van der Waals surface area contributed by atoms with Crippen LogP contribution in [0.1, 0.15) is 31.7 Å². The molecule has 2 aromatic rings. The molecule has 0 bridgehead atoms. The van der Waals surface area contributed by atoms with Crippen molar-refractivity contribution in [3.63, 3.8) is 0 Å². The molecular weight excluding hydrogens is 342 g/mol. The quantitative estimate of drug-likeness (QED) is 0.747. The van der Waals surface area contributed by atoms with E-state index in [1.54, 1.807) is 24.3 Å². The second-order valence-corrected chi connectivity index (χ2v) is 7.22. The van der Waals surface area contributed by atoms with E-state index in [0.29, 0.717) is 30.1 Å². The van der Waals surface area contributed by atoms with Gasteiger partial charge in [0.1, 0.15) is 6.61 Å². The third kappa shape index (κ3) is 5.08. The van der Waals surface area contributed by atoms with Gasteiger partial charge in [0.2, 0.25) is 5.91 Å². The third-order valence-electron chi connectivity index (χ3n) is 4.85. The molecule has 27 heavy (non-hydrogen) atoms. The van der Waals surface area contributed by atoms with Crippen molar-refractivity contribution < 1.29 is 14.3 Å². The van der Waals surface area contributed by atoms with E-state index in [-0.39, 0.29) is 12.5 Å². The smallest absolute Gasteiger partial charge is 0.411 e. The molecule has 1 fully saturated rings. The van der Waals surface area contributed by atoms with E-state index in [9.17, 15) is 9.59 Å². The molecule has 1 saturated carbocycles. The molecule has 0 aromatic heterocycles. The minimum Gasteiger partial charge on any atom is -0.444 e. The zero-order valence-corrected chi connectivity index (χ0v) is 15.4. The summed E-state index contributed by atoms with van der Waals surface area (Å²) in [6.45, 7) is 2.32. The Labute approximate surface area is 159 Å². The molecule has 0 heterocycles. The zero-order chi connectivity index (χ0) is 19.3. The van der Waals surface area contributed by atoms with Crippen LogP contribution in [0.15, 0.2) is 54.6 Å². The highest BCUT2D eigenvalue weighted by molar-refractivity contribution is 5.98. The van der Waals surface area contributed by atoms with Crippen molar-refractivity contribution in [1.82, 2.24) is 0 Å². The van der Waals surface area contributed by atoms with Gasteiger partial charge in [-0.1, -0.05) is 37.3 Å². The van der Waals surface area contributed by atoms with Gasteiger partial charge < -0.3 is 15.8 Å². The molecule has 0 radical (unpaired) electrons. The number of carbonyl (C=O) groups excluding carboxylic acids is 2. The summed E-state index contributed by atoms with van der Waals surface area (Å²) in [4.78, 5) is 24.3. The van der Waals surface area contributed by atoms with E-state index >= 15 is 0 Å². The van der Waals surface area contributed by atoms with Crippen LogP contribution in [0.25, 0.3) is 0 Å². The first kappa shape index (κ1) is 18.9. The number of anilines is 2. The van der Waals surface area contributed by atoms with Gasteiger partial charge >= 0.3 is 6.09 Å². The average molecular weight is 367 g/mol. The van der Waals surface area contributed by atoms with Gasteiger partial charge in [0.15, 0.2) is 0 Å². The Balaban J connectivity index is 1.49. The van der Waals surface area contributed by atoms with E-state index < -0.39 is 11.6 Å². The van der Waals surface area contributed by atoms with E-state index in [0.717, 1.165) is 12.0 Å². The van der Waals surface area contributed by atoms with Gasteiger partial charge in [0, 0.05) is 11.4 Å². The lowest BCUT2D eigenvalue weighted by atomic mass is 9.96. The van der Waals surface area contributed by atoms with Crippen LogP contribution in [0.4, 0.5) is 16.2 Å². The van der Waals surface area contributed by atoms with Crippen LogP contribution in [0.5, 0.6) is 0 Å². The molecule has 0 spiro atoms. The second kappa shape index (κ2) is 8.22. The minimum atomic E-state index is -0.794. The summed E-state index contributed by atoms with van der Waals surface area (Å²) in [7, 11) is 0. The molecule has 2 atom stereocenters. The predicted molar refractivity (Wildman–Crippen MR) is 105 cm³/mol. The van der Waals surface area contributed by atoms with Crippen molar-refractivity contribution in [2.45, 2.75) is 38.3 Å². The molecule has 4 N–H and O–H groups in total. The van der Waals surface area contributed by atoms with Crippen molar-refractivity contribution in [2.75, 3.05) is 10.6 Å². The van der Waals surface area contributed by atoms with Gasteiger partial charge in [0.25, 0.3) is 0 Å². The zero-order valence-electron chi connectivity index (χ0n) is 15.4. The SMILES string of the molecule is CC1CCC(N)(C(=O)Nc2ccc(NC(=O)OCc3ccccc3)cc2)C1. The Morgan fingerprint density at radius 1 is 1.07 bits per heavy atom. The maximum atomic E-state index is 12.4. The standard InChI is InChI=1S/C21H25N3O3/c1-15-11-12-21(22,13-15)19(25)23-17-7-9-18(10-8-17)24-20(26)27-14-16-5-3-2-4-6-16/h2-10,15H,11-14,22H2,1H3,(H,23,25)(H,24,26). The average Bonchev–Trinajstić information content (AvgIpc) is 3.03. The Kier molecular flexibility index (Phi) is 5.76. The van der Waals surface area contributed by atoms with Crippen LogP contribution in [0, 0.1) is 5.92 Å². The molecule has 2 aromatic carbocycles. The minimum absolute atomic E-state index is 0.158. The Morgan fingerprint density at radius 2 is 1.70 bits per heavy atom. The van der Waals surface area contributed by atoms with Gasteiger partial charge in [-0.05, 0) is 55.0 Å². The number of ether oxygens (including phenoxy) is 1. The van der Waals surface area contributed by atoms with Gasteiger partial charge in [-0.25, -0.2) is 4.79 Å². The molecule has 1 aliphatic rings. The second-order valence-electron chi connectivity index (χ2n) is 7.22. The summed E-state index contributed by atoms with van der Waals surface area (Å²) >= 11 is 0. The Morgan fingerprint density at radius 3 is 2.30 bits per heavy atom. The number of hydrogen-bond acceptors (Lipinski definition) is 4. The number of hydrogen-bond donors (Lipinski definition) is 3. The van der Waals surface area contributed by atoms with Crippen molar-refractivity contribution in [1.29, 1.82) is 0 Å². The third-order valence-corrected chi connectivity index (χ3v) is 4.85. The summed E-state index contributed by atoms with van der Waals surface area (Å²) in [6, 6.07) is 16.3. The first-order valence-electron chi connectivity index (χ1n) is 9.13. The fourth-order valence-corrected chi connectivity index (χ4v) is 3.31. The van der Waals surface area contributed by atoms with E-state index in [2.05, 4.69) is 17.6 Å². The Bertz CT molecular complexity index is 792. The highest BCUT2D eigenvalue weighted by atomic mass is 16.5. The summed E-state index contributed by atoms with van der Waals surface area (Å²) < 4.78 is 5.18. The lowest BCUT2D eigenvalue weighted by Gasteiger charge is -2.22. The van der Waals surface area contributed by atoms with Crippen LogP contribution in [-0.4, -0.2) is 17.5 Å². The van der Waals surface area contributed by atoms with E-state index in [1.165, 1.54) is 0 Å². The summed E-state index contributed by atoms with van der Waals surface area (Å²) in [6.07, 6.45) is 1.84. The number of carbonyl (C=O) groups is 2. The van der Waals surface area contributed by atoms with Gasteiger partial charge in [-0.15, -0.1) is 0 Å². The van der Waals surface area contributed by atoms with Crippen LogP contribution < -0.4 is 16.4 Å². The monoisotopic (exact) mass is 367 g/mol. The number of rotatable bonds is 5. The lowest BCUT2D eigenvalue weighted by Crippen LogP contribution is -2.49. The number of nitrogens with two attached hydrogens (primary N) is 1. The maximum absolute atomic E-state index is 12.4. The molecular formula is C21H25N3O3. The molecule has 6 heteroatoms. The summed E-state index contributed by atoms with van der Waals surface area (Å²) in [5.41, 5.74) is 7.59. The molecule has 1 aliphatic carbocycles. The summed E-state index contributed by atoms with van der Waals surface area (Å²) in [5, 5.41) is 5.53. The molecule has 3 rings (SSSR count). The number of amides is 2. The van der Waals surface area contributed by atoms with E-state index in [1.807, 2.05) is 30.3 Å². The Hall–Kier alpha value is -2.86. The largest absolute Gasteiger partial charge is 0.444 e. The van der Waals surface area contributed by atoms with Crippen LogP contribution in [0.2, 0.25) is 0 Å². The van der Waals surface area contributed by atoms with Gasteiger partial charge in [-0.3, -0.25) is 10.1 Å². The molecule has 2 unspecified atom stereocenters. The van der Waals surface area contributed by atoms with Crippen LogP contribution in [0.3, 0.4) is 0 Å². The van der Waals surface area contributed by atoms with Gasteiger partial charge in [0.05, 0.1) is 5.54 Å². The topological polar surface area (TPSA) is 93.5 Å². The highest BCUT2D eigenvalue weighted by Gasteiger charge is 2.40. The van der Waals surface area contributed by atoms with Crippen molar-refractivity contribution in [3.8, 4) is 0 Å². The van der Waals surface area contributed by atoms with Crippen LogP contribution >= 0.6 is 0 Å². The van der Waals surface area contributed by atoms with Crippen molar-refractivity contribution >= 4 is 23.4 Å². The number of nitrogens with one attached hydrogen (secondary N) is 2. The number of benzene rings is 2. The fourth-order valence-electron chi connectivity index (χ4n) is 3.31. The normalized spacial score (nSPS) is 21.5. The molecule has 142 valence electrons. The molecule has 6 nitrogen and oxygen atoms in total. The molecule has 0 saturated heterocycles. The molecule has 0 aliphatic heterocycles. The van der Waals surface area contributed by atoms with E-state index in [4.69, 9.17) is 10.5 Å². The first-order valence-corrected chi connectivity index (χ1v) is 9.13. The fraction of sp³-hybridized carbons (Fsp3) is 0.333. The first-order chi connectivity index (χ1) is 12.9. The summed E-state index contributed by atoms with van der Waals surface area (Å²) in [5.74, 6) is 0.309. The lowest BCUT2D eigenvalue weighted by molar-refractivity contribution is -0.121. The van der Waals surface area contributed by atoms with Crippen molar-refractivity contribution in [2.24, 2.45) is 11.7 Å².